The standard InChI is InChI=1S/C11H20O2Si/c1-5-8-11(12)13-9-7-10-14(3,4)6-2/h5-6,8H,2,7,9-10H2,1,3-4H3. The van der Waals surface area contributed by atoms with Crippen molar-refractivity contribution in [3.05, 3.63) is 24.4 Å². The number of ether oxygens (including phenoxy) is 1. The SMILES string of the molecule is C=C[Si](C)(C)CCCOC(=O)C=CC. The summed E-state index contributed by atoms with van der Waals surface area (Å²) in [7, 11) is -1.21. The van der Waals surface area contributed by atoms with Gasteiger partial charge in [-0.25, -0.2) is 4.79 Å². The van der Waals surface area contributed by atoms with Gasteiger partial charge < -0.3 is 4.74 Å². The highest BCUT2D eigenvalue weighted by Gasteiger charge is 2.14. The lowest BCUT2D eigenvalue weighted by atomic mass is 10.5. The summed E-state index contributed by atoms with van der Waals surface area (Å²) in [6.45, 7) is 10.7. The molecule has 0 heterocycles. The van der Waals surface area contributed by atoms with Crippen LogP contribution in [0.25, 0.3) is 0 Å². The molecule has 80 valence electrons. The average Bonchev–Trinajstić information content (AvgIpc) is 2.13. The maximum absolute atomic E-state index is 10.9. The zero-order valence-electron chi connectivity index (χ0n) is 9.38. The molecule has 0 saturated carbocycles. The number of hydrogen-bond donors (Lipinski definition) is 0. The fraction of sp³-hybridized carbons (Fsp3) is 0.545. The van der Waals surface area contributed by atoms with E-state index < -0.39 is 8.07 Å². The number of allylic oxidation sites excluding steroid dienone is 1. The van der Waals surface area contributed by atoms with E-state index >= 15 is 0 Å². The highest BCUT2D eigenvalue weighted by molar-refractivity contribution is 6.82. The summed E-state index contributed by atoms with van der Waals surface area (Å²) in [4.78, 5) is 10.9. The van der Waals surface area contributed by atoms with E-state index in [2.05, 4.69) is 25.4 Å². The first-order valence-corrected chi connectivity index (χ1v) is 8.23. The maximum atomic E-state index is 10.9. The van der Waals surface area contributed by atoms with Crippen molar-refractivity contribution < 1.29 is 9.53 Å². The molecule has 0 N–H and O–H groups in total. The molecule has 0 aliphatic carbocycles. The molecule has 0 bridgehead atoms. The van der Waals surface area contributed by atoms with Crippen LogP contribution in [-0.4, -0.2) is 20.7 Å². The molecule has 0 rings (SSSR count). The Balaban J connectivity index is 3.56. The third kappa shape index (κ3) is 6.66. The maximum Gasteiger partial charge on any atom is 0.330 e. The zero-order valence-corrected chi connectivity index (χ0v) is 10.4. The van der Waals surface area contributed by atoms with Crippen molar-refractivity contribution in [2.24, 2.45) is 0 Å². The molecular weight excluding hydrogens is 192 g/mol. The molecule has 2 nitrogen and oxygen atoms in total. The fourth-order valence-corrected chi connectivity index (χ4v) is 2.25. The lowest BCUT2D eigenvalue weighted by Gasteiger charge is -2.16. The molecule has 0 fully saturated rings. The summed E-state index contributed by atoms with van der Waals surface area (Å²) in [5.74, 6) is -0.245. The molecule has 14 heavy (non-hydrogen) atoms. The van der Waals surface area contributed by atoms with Crippen LogP contribution in [0.2, 0.25) is 19.1 Å². The second kappa shape index (κ2) is 6.60. The molecule has 0 aliphatic rings. The number of carbonyl (C=O) groups is 1. The zero-order chi connectivity index (χ0) is 11.0. The van der Waals surface area contributed by atoms with Gasteiger partial charge in [0.2, 0.25) is 0 Å². The van der Waals surface area contributed by atoms with E-state index in [4.69, 9.17) is 4.74 Å². The largest absolute Gasteiger partial charge is 0.463 e. The molecule has 0 spiro atoms. The van der Waals surface area contributed by atoms with Gasteiger partial charge in [0.05, 0.1) is 14.7 Å². The van der Waals surface area contributed by atoms with Gasteiger partial charge in [0.25, 0.3) is 0 Å². The van der Waals surface area contributed by atoms with Gasteiger partial charge in [0, 0.05) is 6.08 Å². The van der Waals surface area contributed by atoms with Crippen molar-refractivity contribution in [2.75, 3.05) is 6.61 Å². The van der Waals surface area contributed by atoms with Crippen molar-refractivity contribution in [1.82, 2.24) is 0 Å². The van der Waals surface area contributed by atoms with Gasteiger partial charge in [-0.1, -0.05) is 25.2 Å². The third-order valence-corrected chi connectivity index (χ3v) is 4.81. The van der Waals surface area contributed by atoms with Crippen LogP contribution < -0.4 is 0 Å². The van der Waals surface area contributed by atoms with E-state index in [9.17, 15) is 4.79 Å². The van der Waals surface area contributed by atoms with E-state index in [1.807, 2.05) is 0 Å². The van der Waals surface area contributed by atoms with Crippen molar-refractivity contribution in [3.8, 4) is 0 Å². The lowest BCUT2D eigenvalue weighted by Crippen LogP contribution is -2.22. The van der Waals surface area contributed by atoms with Gasteiger partial charge in [0.15, 0.2) is 0 Å². The molecule has 0 unspecified atom stereocenters. The van der Waals surface area contributed by atoms with Gasteiger partial charge in [-0.3, -0.25) is 0 Å². The highest BCUT2D eigenvalue weighted by Crippen LogP contribution is 2.12. The smallest absolute Gasteiger partial charge is 0.330 e. The minimum atomic E-state index is -1.21. The molecule has 0 radical (unpaired) electrons. The van der Waals surface area contributed by atoms with E-state index in [1.165, 1.54) is 6.08 Å². The topological polar surface area (TPSA) is 26.3 Å². The lowest BCUT2D eigenvalue weighted by molar-refractivity contribution is -0.137. The number of rotatable bonds is 6. The van der Waals surface area contributed by atoms with Gasteiger partial charge in [-0.05, 0) is 13.3 Å². The highest BCUT2D eigenvalue weighted by atomic mass is 28.3. The van der Waals surface area contributed by atoms with Crippen molar-refractivity contribution in [1.29, 1.82) is 0 Å². The summed E-state index contributed by atoms with van der Waals surface area (Å²) >= 11 is 0. The number of esters is 1. The molecule has 0 aromatic rings. The Kier molecular flexibility index (Phi) is 6.20. The molecule has 0 amide bonds. The monoisotopic (exact) mass is 212 g/mol. The van der Waals surface area contributed by atoms with Crippen LogP contribution in [-0.2, 0) is 9.53 Å². The molecule has 0 aromatic carbocycles. The van der Waals surface area contributed by atoms with Crippen molar-refractivity contribution in [2.45, 2.75) is 32.5 Å². The van der Waals surface area contributed by atoms with E-state index in [0.29, 0.717) is 6.61 Å². The Morgan fingerprint density at radius 2 is 2.14 bits per heavy atom. The van der Waals surface area contributed by atoms with E-state index in [0.717, 1.165) is 12.5 Å². The summed E-state index contributed by atoms with van der Waals surface area (Å²) in [6, 6.07) is 1.12. The fourth-order valence-electron chi connectivity index (χ4n) is 0.987. The Morgan fingerprint density at radius 1 is 1.50 bits per heavy atom. The predicted molar refractivity (Wildman–Crippen MR) is 62.9 cm³/mol. The Hall–Kier alpha value is -0.833. The molecule has 0 saturated heterocycles. The average molecular weight is 212 g/mol. The normalized spacial score (nSPS) is 11.6. The minimum Gasteiger partial charge on any atom is -0.463 e. The van der Waals surface area contributed by atoms with Crippen LogP contribution >= 0.6 is 0 Å². The molecular formula is C11H20O2Si. The van der Waals surface area contributed by atoms with Gasteiger partial charge >= 0.3 is 5.97 Å². The molecule has 3 heteroatoms. The number of carbonyl (C=O) groups excluding carboxylic acids is 1. The van der Waals surface area contributed by atoms with Crippen molar-refractivity contribution >= 4 is 14.0 Å². The third-order valence-electron chi connectivity index (χ3n) is 2.07. The molecule has 0 atom stereocenters. The Bertz CT molecular complexity index is 219. The van der Waals surface area contributed by atoms with Crippen LogP contribution in [0.5, 0.6) is 0 Å². The second-order valence-corrected chi connectivity index (χ2v) is 8.85. The first kappa shape index (κ1) is 13.2. The van der Waals surface area contributed by atoms with Crippen LogP contribution in [0.3, 0.4) is 0 Å². The van der Waals surface area contributed by atoms with Gasteiger partial charge in [0.1, 0.15) is 0 Å². The summed E-state index contributed by atoms with van der Waals surface area (Å²) in [5, 5.41) is 0. The van der Waals surface area contributed by atoms with Gasteiger partial charge in [-0.15, -0.1) is 12.3 Å². The number of hydrogen-bond acceptors (Lipinski definition) is 2. The minimum absolute atomic E-state index is 0.245. The predicted octanol–water partition coefficient (Wildman–Crippen LogP) is 2.93. The summed E-state index contributed by atoms with van der Waals surface area (Å²) < 4.78 is 4.98. The molecule has 0 aliphatic heterocycles. The second-order valence-electron chi connectivity index (χ2n) is 3.96. The first-order chi connectivity index (χ1) is 6.52. The quantitative estimate of drug-likeness (QED) is 0.293. The van der Waals surface area contributed by atoms with Crippen LogP contribution in [0.4, 0.5) is 0 Å². The van der Waals surface area contributed by atoms with Gasteiger partial charge in [-0.2, -0.15) is 0 Å². The Labute approximate surface area is 87.7 Å². The summed E-state index contributed by atoms with van der Waals surface area (Å²) in [5.41, 5.74) is 2.07. The van der Waals surface area contributed by atoms with Crippen LogP contribution in [0.1, 0.15) is 13.3 Å². The van der Waals surface area contributed by atoms with Crippen LogP contribution in [0.15, 0.2) is 24.4 Å². The van der Waals surface area contributed by atoms with E-state index in [1.54, 1.807) is 13.0 Å². The molecule has 0 aromatic heterocycles. The summed E-state index contributed by atoms with van der Waals surface area (Å²) in [6.07, 6.45) is 4.06. The van der Waals surface area contributed by atoms with Crippen molar-refractivity contribution in [3.63, 3.8) is 0 Å². The first-order valence-electron chi connectivity index (χ1n) is 4.95. The Morgan fingerprint density at radius 3 is 2.64 bits per heavy atom. The van der Waals surface area contributed by atoms with Crippen LogP contribution in [0, 0.1) is 0 Å². The van der Waals surface area contributed by atoms with E-state index in [-0.39, 0.29) is 5.97 Å².